The number of aromatic nitrogens is 2. The first-order valence-electron chi connectivity index (χ1n) is 6.41. The minimum Gasteiger partial charge on any atom is -0.382 e. The first kappa shape index (κ1) is 16.0. The molecule has 7 heteroatoms. The molecule has 0 radical (unpaired) electrons. The van der Waals surface area contributed by atoms with E-state index in [1.54, 1.807) is 10.9 Å². The summed E-state index contributed by atoms with van der Waals surface area (Å²) < 4.78 is 39.9. The van der Waals surface area contributed by atoms with E-state index in [2.05, 4.69) is 21.0 Å². The van der Waals surface area contributed by atoms with E-state index in [0.29, 0.717) is 22.3 Å². The fourth-order valence-electron chi connectivity index (χ4n) is 2.05. The predicted molar refractivity (Wildman–Crippen MR) is 75.7 cm³/mol. The van der Waals surface area contributed by atoms with E-state index in [4.69, 9.17) is 0 Å². The highest BCUT2D eigenvalue weighted by Gasteiger charge is 2.30. The van der Waals surface area contributed by atoms with Crippen molar-refractivity contribution in [3.8, 4) is 0 Å². The summed E-state index contributed by atoms with van der Waals surface area (Å²) >= 11 is 3.31. The van der Waals surface area contributed by atoms with Gasteiger partial charge >= 0.3 is 6.18 Å². The second kappa shape index (κ2) is 6.19. The molecule has 1 unspecified atom stereocenters. The molecular formula is C14H14BrF3N2O. The zero-order chi connectivity index (χ0) is 15.6. The van der Waals surface area contributed by atoms with Crippen LogP contribution in [-0.4, -0.2) is 14.9 Å². The summed E-state index contributed by atoms with van der Waals surface area (Å²) in [5.41, 5.74) is 0.192. The monoisotopic (exact) mass is 362 g/mol. The Hall–Kier alpha value is -1.34. The van der Waals surface area contributed by atoms with Crippen LogP contribution in [0.1, 0.15) is 36.3 Å². The Morgan fingerprint density at radius 2 is 1.90 bits per heavy atom. The number of benzene rings is 1. The summed E-state index contributed by atoms with van der Waals surface area (Å²) in [7, 11) is 0. The molecule has 0 aliphatic rings. The van der Waals surface area contributed by atoms with Crippen LogP contribution in [-0.2, 0) is 12.7 Å². The number of hydrogen-bond donors (Lipinski definition) is 1. The van der Waals surface area contributed by atoms with Crippen molar-refractivity contribution in [2.75, 3.05) is 0 Å². The predicted octanol–water partition coefficient (Wildman–Crippen LogP) is 4.16. The van der Waals surface area contributed by atoms with Gasteiger partial charge in [-0.1, -0.05) is 19.1 Å². The number of rotatable bonds is 4. The van der Waals surface area contributed by atoms with Gasteiger partial charge in [0.1, 0.15) is 6.10 Å². The van der Waals surface area contributed by atoms with Gasteiger partial charge in [-0.3, -0.25) is 4.68 Å². The maximum absolute atomic E-state index is 12.5. The van der Waals surface area contributed by atoms with E-state index in [1.807, 2.05) is 6.92 Å². The maximum atomic E-state index is 12.5. The first-order valence-corrected chi connectivity index (χ1v) is 7.20. The number of nitrogens with zero attached hydrogens (tertiary/aromatic N) is 2. The van der Waals surface area contributed by atoms with Gasteiger partial charge in [-0.2, -0.15) is 18.3 Å². The Bertz CT molecular complexity index is 608. The summed E-state index contributed by atoms with van der Waals surface area (Å²) in [6.45, 7) is 2.60. The average Bonchev–Trinajstić information content (AvgIpc) is 2.79. The van der Waals surface area contributed by atoms with Crippen LogP contribution in [0.5, 0.6) is 0 Å². The molecule has 0 bridgehead atoms. The second-order valence-corrected chi connectivity index (χ2v) is 5.48. The molecule has 1 atom stereocenters. The van der Waals surface area contributed by atoms with Gasteiger partial charge in [0.05, 0.1) is 21.9 Å². The van der Waals surface area contributed by atoms with Crippen molar-refractivity contribution in [3.63, 3.8) is 0 Å². The van der Waals surface area contributed by atoms with Crippen LogP contribution in [0.3, 0.4) is 0 Å². The molecule has 0 saturated carbocycles. The number of aliphatic hydroxyl groups excluding tert-OH is 1. The molecule has 0 aliphatic heterocycles. The molecule has 0 aliphatic carbocycles. The van der Waals surface area contributed by atoms with Crippen molar-refractivity contribution in [2.45, 2.75) is 32.2 Å². The van der Waals surface area contributed by atoms with E-state index in [9.17, 15) is 18.3 Å². The Labute approximate surface area is 128 Å². The molecule has 1 N–H and O–H groups in total. The molecule has 0 amide bonds. The maximum Gasteiger partial charge on any atom is 0.416 e. The van der Waals surface area contributed by atoms with Crippen molar-refractivity contribution >= 4 is 15.9 Å². The first-order chi connectivity index (χ1) is 9.84. The summed E-state index contributed by atoms with van der Waals surface area (Å²) in [5.74, 6) is 0. The smallest absolute Gasteiger partial charge is 0.382 e. The topological polar surface area (TPSA) is 38.0 Å². The third-order valence-corrected chi connectivity index (χ3v) is 3.69. The lowest BCUT2D eigenvalue weighted by atomic mass is 10.0. The van der Waals surface area contributed by atoms with E-state index < -0.39 is 17.8 Å². The Morgan fingerprint density at radius 3 is 2.43 bits per heavy atom. The number of aryl methyl sites for hydroxylation is 1. The van der Waals surface area contributed by atoms with Gasteiger partial charge in [-0.25, -0.2) is 0 Å². The van der Waals surface area contributed by atoms with Crippen LogP contribution in [0, 0.1) is 0 Å². The van der Waals surface area contributed by atoms with Gasteiger partial charge in [0.25, 0.3) is 0 Å². The molecule has 3 nitrogen and oxygen atoms in total. The van der Waals surface area contributed by atoms with E-state index in [0.717, 1.165) is 18.6 Å². The summed E-state index contributed by atoms with van der Waals surface area (Å²) in [6.07, 6.45) is -3.01. The van der Waals surface area contributed by atoms with Gasteiger partial charge in [0.15, 0.2) is 0 Å². The molecule has 1 aromatic carbocycles. The summed E-state index contributed by atoms with van der Waals surface area (Å²) in [4.78, 5) is 0. The molecule has 2 rings (SSSR count). The van der Waals surface area contributed by atoms with Crippen molar-refractivity contribution in [1.29, 1.82) is 0 Å². The standard InChI is InChI=1S/C14H14BrF3N2O/c1-2-7-20-12(11(15)8-19-20)13(21)9-3-5-10(6-4-9)14(16,17)18/h3-6,8,13,21H,2,7H2,1H3. The fourth-order valence-corrected chi connectivity index (χ4v) is 2.56. The Morgan fingerprint density at radius 1 is 1.29 bits per heavy atom. The number of alkyl halides is 3. The number of halogens is 4. The van der Waals surface area contributed by atoms with Gasteiger partial charge in [0.2, 0.25) is 0 Å². The number of aliphatic hydroxyl groups is 1. The van der Waals surface area contributed by atoms with Crippen LogP contribution >= 0.6 is 15.9 Å². The molecule has 0 saturated heterocycles. The fraction of sp³-hybridized carbons (Fsp3) is 0.357. The third-order valence-electron chi connectivity index (χ3n) is 3.08. The van der Waals surface area contributed by atoms with Gasteiger partial charge < -0.3 is 5.11 Å². The van der Waals surface area contributed by atoms with E-state index in [1.165, 1.54) is 12.1 Å². The molecule has 0 spiro atoms. The van der Waals surface area contributed by atoms with E-state index in [-0.39, 0.29) is 0 Å². The van der Waals surface area contributed by atoms with Crippen LogP contribution in [0.4, 0.5) is 13.2 Å². The van der Waals surface area contributed by atoms with Gasteiger partial charge in [-0.05, 0) is 40.0 Å². The Balaban J connectivity index is 2.32. The summed E-state index contributed by atoms with van der Waals surface area (Å²) in [5, 5.41) is 14.5. The van der Waals surface area contributed by atoms with Crippen molar-refractivity contribution in [1.82, 2.24) is 9.78 Å². The van der Waals surface area contributed by atoms with Crippen molar-refractivity contribution < 1.29 is 18.3 Å². The minimum absolute atomic E-state index is 0.390. The Kier molecular flexibility index (Phi) is 4.73. The average molecular weight is 363 g/mol. The van der Waals surface area contributed by atoms with Crippen molar-refractivity contribution in [3.05, 3.63) is 51.8 Å². The summed E-state index contributed by atoms with van der Waals surface area (Å²) in [6, 6.07) is 4.49. The third kappa shape index (κ3) is 3.47. The van der Waals surface area contributed by atoms with Crippen LogP contribution in [0.15, 0.2) is 34.9 Å². The molecule has 1 aromatic heterocycles. The van der Waals surface area contributed by atoms with Gasteiger partial charge in [0, 0.05) is 6.54 Å². The highest BCUT2D eigenvalue weighted by atomic mass is 79.9. The zero-order valence-corrected chi connectivity index (χ0v) is 12.8. The lowest BCUT2D eigenvalue weighted by Crippen LogP contribution is -2.11. The normalized spacial score (nSPS) is 13.4. The molecule has 2 aromatic rings. The molecular weight excluding hydrogens is 349 g/mol. The minimum atomic E-state index is -4.38. The lowest BCUT2D eigenvalue weighted by molar-refractivity contribution is -0.137. The van der Waals surface area contributed by atoms with E-state index >= 15 is 0 Å². The highest BCUT2D eigenvalue weighted by molar-refractivity contribution is 9.10. The van der Waals surface area contributed by atoms with Gasteiger partial charge in [-0.15, -0.1) is 0 Å². The molecule has 0 fully saturated rings. The van der Waals surface area contributed by atoms with Crippen molar-refractivity contribution in [2.24, 2.45) is 0 Å². The lowest BCUT2D eigenvalue weighted by Gasteiger charge is -2.15. The molecule has 1 heterocycles. The van der Waals surface area contributed by atoms with Crippen LogP contribution < -0.4 is 0 Å². The highest BCUT2D eigenvalue weighted by Crippen LogP contribution is 2.32. The SMILES string of the molecule is CCCn1ncc(Br)c1C(O)c1ccc(C(F)(F)F)cc1. The number of hydrogen-bond acceptors (Lipinski definition) is 2. The quantitative estimate of drug-likeness (QED) is 0.886. The largest absolute Gasteiger partial charge is 0.416 e. The second-order valence-electron chi connectivity index (χ2n) is 4.62. The molecule has 114 valence electrons. The zero-order valence-electron chi connectivity index (χ0n) is 11.2. The van der Waals surface area contributed by atoms with Crippen LogP contribution in [0.2, 0.25) is 0 Å². The van der Waals surface area contributed by atoms with Crippen LogP contribution in [0.25, 0.3) is 0 Å². The molecule has 21 heavy (non-hydrogen) atoms.